The van der Waals surface area contributed by atoms with E-state index in [1.165, 1.54) is 0 Å². The Morgan fingerprint density at radius 1 is 1.23 bits per heavy atom. The van der Waals surface area contributed by atoms with Gasteiger partial charge < -0.3 is 15.0 Å². The van der Waals surface area contributed by atoms with Crippen LogP contribution in [0.3, 0.4) is 0 Å². The van der Waals surface area contributed by atoms with Gasteiger partial charge in [0.05, 0.1) is 19.6 Å². The first-order valence-corrected chi connectivity index (χ1v) is 10.3. The second-order valence-electron chi connectivity index (χ2n) is 7.44. The van der Waals surface area contributed by atoms with Crippen LogP contribution >= 0.6 is 0 Å². The fraction of sp³-hybridized carbons (Fsp3) is 0.304. The van der Waals surface area contributed by atoms with E-state index in [1.54, 1.807) is 12.0 Å². The fourth-order valence-electron chi connectivity index (χ4n) is 3.75. The average Bonchev–Trinajstić information content (AvgIpc) is 3.44. The normalized spacial score (nSPS) is 15.9. The lowest BCUT2D eigenvalue weighted by Gasteiger charge is -2.19. The molecular weight excluding hydrogens is 394 g/mol. The van der Waals surface area contributed by atoms with Crippen molar-refractivity contribution < 1.29 is 14.3 Å². The minimum Gasteiger partial charge on any atom is -0.497 e. The third-order valence-corrected chi connectivity index (χ3v) is 5.47. The monoisotopic (exact) mass is 419 g/mol. The lowest BCUT2D eigenvalue weighted by molar-refractivity contribution is -0.126. The number of carbonyl (C=O) groups excluding carboxylic acids is 2. The molecule has 8 heteroatoms. The Balaban J connectivity index is 1.36. The molecule has 0 spiro atoms. The van der Waals surface area contributed by atoms with Gasteiger partial charge in [0.1, 0.15) is 11.6 Å². The number of methoxy groups -OCH3 is 1. The van der Waals surface area contributed by atoms with E-state index in [0.717, 1.165) is 29.0 Å². The maximum Gasteiger partial charge on any atom is 0.227 e. The summed E-state index contributed by atoms with van der Waals surface area (Å²) in [6, 6.07) is 15.3. The Morgan fingerprint density at radius 3 is 2.74 bits per heavy atom. The number of rotatable bonds is 7. The molecule has 31 heavy (non-hydrogen) atoms. The van der Waals surface area contributed by atoms with E-state index in [1.807, 2.05) is 48.5 Å². The number of hydrogen-bond acceptors (Lipinski definition) is 5. The smallest absolute Gasteiger partial charge is 0.227 e. The highest BCUT2D eigenvalue weighted by Gasteiger charge is 2.35. The van der Waals surface area contributed by atoms with Crippen LogP contribution in [0.5, 0.6) is 5.75 Å². The van der Waals surface area contributed by atoms with Crippen molar-refractivity contribution in [1.29, 1.82) is 0 Å². The zero-order chi connectivity index (χ0) is 21.8. The Labute approximate surface area is 180 Å². The summed E-state index contributed by atoms with van der Waals surface area (Å²) in [6.07, 6.45) is 1.04. The third-order valence-electron chi connectivity index (χ3n) is 5.47. The number of H-pyrrole nitrogens is 1. The summed E-state index contributed by atoms with van der Waals surface area (Å²) in [7, 11) is 1.61. The molecular formula is C23H25N5O3. The molecule has 4 rings (SSSR count). The molecule has 0 aliphatic carbocycles. The molecule has 160 valence electrons. The molecule has 1 fully saturated rings. The van der Waals surface area contributed by atoms with Gasteiger partial charge in [-0.3, -0.25) is 14.7 Å². The van der Waals surface area contributed by atoms with E-state index >= 15 is 0 Å². The van der Waals surface area contributed by atoms with Crippen molar-refractivity contribution in [3.63, 3.8) is 0 Å². The van der Waals surface area contributed by atoms with Gasteiger partial charge in [0.2, 0.25) is 11.8 Å². The molecule has 2 N–H and O–H groups in total. The first-order chi connectivity index (χ1) is 15.1. The molecule has 8 nitrogen and oxygen atoms in total. The summed E-state index contributed by atoms with van der Waals surface area (Å²) in [6.45, 7) is 2.66. The van der Waals surface area contributed by atoms with Gasteiger partial charge in [0.15, 0.2) is 5.82 Å². The van der Waals surface area contributed by atoms with Crippen LogP contribution in [0.4, 0.5) is 5.69 Å². The lowest BCUT2D eigenvalue weighted by atomic mass is 10.1. The van der Waals surface area contributed by atoms with Crippen LogP contribution in [0.25, 0.3) is 11.4 Å². The molecule has 3 aromatic rings. The van der Waals surface area contributed by atoms with Crippen LogP contribution in [-0.4, -0.2) is 40.7 Å². The third kappa shape index (κ3) is 4.42. The SMILES string of the molecule is CCc1ccccc1N1CC(C(=O)NCc2nc(-c3ccc(OC)cc3)n[nH]2)CC1=O. The van der Waals surface area contributed by atoms with Gasteiger partial charge in [-0.05, 0) is 42.3 Å². The quantitative estimate of drug-likeness (QED) is 0.613. The molecule has 1 aliphatic rings. The number of ether oxygens (including phenoxy) is 1. The topological polar surface area (TPSA) is 100 Å². The highest BCUT2D eigenvalue weighted by Crippen LogP contribution is 2.28. The first-order valence-electron chi connectivity index (χ1n) is 10.3. The summed E-state index contributed by atoms with van der Waals surface area (Å²) in [4.78, 5) is 31.4. The van der Waals surface area contributed by atoms with Crippen molar-refractivity contribution in [3.8, 4) is 17.1 Å². The maximum atomic E-state index is 12.7. The van der Waals surface area contributed by atoms with Crippen molar-refractivity contribution in [3.05, 3.63) is 59.9 Å². The maximum absolute atomic E-state index is 12.7. The van der Waals surface area contributed by atoms with E-state index in [4.69, 9.17) is 4.74 Å². The Kier molecular flexibility index (Phi) is 5.97. The number of aryl methyl sites for hydroxylation is 1. The van der Waals surface area contributed by atoms with E-state index in [9.17, 15) is 9.59 Å². The van der Waals surface area contributed by atoms with E-state index in [-0.39, 0.29) is 30.7 Å². The number of amides is 2. The van der Waals surface area contributed by atoms with E-state index in [2.05, 4.69) is 27.4 Å². The molecule has 1 aliphatic heterocycles. The number of anilines is 1. The van der Waals surface area contributed by atoms with Crippen molar-refractivity contribution >= 4 is 17.5 Å². The zero-order valence-corrected chi connectivity index (χ0v) is 17.6. The van der Waals surface area contributed by atoms with Crippen molar-refractivity contribution in [2.24, 2.45) is 5.92 Å². The molecule has 2 aromatic carbocycles. The van der Waals surface area contributed by atoms with Gasteiger partial charge in [-0.25, -0.2) is 4.98 Å². The highest BCUT2D eigenvalue weighted by atomic mass is 16.5. The van der Waals surface area contributed by atoms with Crippen LogP contribution in [0.1, 0.15) is 24.7 Å². The Morgan fingerprint density at radius 2 is 2.00 bits per heavy atom. The minimum absolute atomic E-state index is 0.0255. The molecule has 2 amide bonds. The van der Waals surface area contributed by atoms with Crippen LogP contribution in [0.2, 0.25) is 0 Å². The van der Waals surface area contributed by atoms with Gasteiger partial charge in [0.25, 0.3) is 0 Å². The van der Waals surface area contributed by atoms with Gasteiger partial charge in [-0.2, -0.15) is 5.10 Å². The number of aromatic nitrogens is 3. The van der Waals surface area contributed by atoms with E-state index < -0.39 is 0 Å². The number of nitrogens with zero attached hydrogens (tertiary/aromatic N) is 3. The predicted molar refractivity (Wildman–Crippen MR) is 116 cm³/mol. The minimum atomic E-state index is -0.388. The van der Waals surface area contributed by atoms with Crippen molar-refractivity contribution in [2.45, 2.75) is 26.3 Å². The van der Waals surface area contributed by atoms with Gasteiger partial charge in [0, 0.05) is 24.2 Å². The number of aromatic amines is 1. The second kappa shape index (κ2) is 8.99. The summed E-state index contributed by atoms with van der Waals surface area (Å²) in [5.74, 6) is 1.28. The molecule has 2 heterocycles. The van der Waals surface area contributed by atoms with Gasteiger partial charge in [-0.15, -0.1) is 0 Å². The molecule has 1 unspecified atom stereocenters. The lowest BCUT2D eigenvalue weighted by Crippen LogP contribution is -2.33. The Bertz CT molecular complexity index is 1080. The summed E-state index contributed by atoms with van der Waals surface area (Å²) >= 11 is 0. The van der Waals surface area contributed by atoms with Crippen molar-refractivity contribution in [1.82, 2.24) is 20.5 Å². The number of benzene rings is 2. The van der Waals surface area contributed by atoms with Crippen molar-refractivity contribution in [2.75, 3.05) is 18.6 Å². The highest BCUT2D eigenvalue weighted by molar-refractivity contribution is 6.00. The van der Waals surface area contributed by atoms with E-state index in [0.29, 0.717) is 18.2 Å². The number of carbonyl (C=O) groups is 2. The number of para-hydroxylation sites is 1. The fourth-order valence-corrected chi connectivity index (χ4v) is 3.75. The number of hydrogen-bond donors (Lipinski definition) is 2. The molecule has 0 radical (unpaired) electrons. The van der Waals surface area contributed by atoms with Crippen LogP contribution in [0, 0.1) is 5.92 Å². The zero-order valence-electron chi connectivity index (χ0n) is 17.6. The average molecular weight is 419 g/mol. The molecule has 1 atom stereocenters. The first kappa shape index (κ1) is 20.6. The van der Waals surface area contributed by atoms with Crippen LogP contribution in [0.15, 0.2) is 48.5 Å². The summed E-state index contributed by atoms with van der Waals surface area (Å²) in [5.41, 5.74) is 2.84. The predicted octanol–water partition coefficient (Wildman–Crippen LogP) is 2.71. The van der Waals surface area contributed by atoms with Crippen LogP contribution in [-0.2, 0) is 22.6 Å². The largest absolute Gasteiger partial charge is 0.497 e. The van der Waals surface area contributed by atoms with Crippen LogP contribution < -0.4 is 15.0 Å². The molecule has 0 saturated carbocycles. The standard InChI is InChI=1S/C23H25N5O3/c1-3-15-6-4-5-7-19(15)28-14-17(12-21(28)29)23(30)24-13-20-25-22(27-26-20)16-8-10-18(31-2)11-9-16/h4-11,17H,3,12-14H2,1-2H3,(H,24,30)(H,25,26,27). The molecule has 0 bridgehead atoms. The molecule has 1 saturated heterocycles. The summed E-state index contributed by atoms with van der Waals surface area (Å²) < 4.78 is 5.16. The Hall–Kier alpha value is -3.68. The molecule has 1 aromatic heterocycles. The van der Waals surface area contributed by atoms with Gasteiger partial charge >= 0.3 is 0 Å². The number of nitrogens with one attached hydrogen (secondary N) is 2. The summed E-state index contributed by atoms with van der Waals surface area (Å²) in [5, 5.41) is 9.94. The second-order valence-corrected chi connectivity index (χ2v) is 7.44. The van der Waals surface area contributed by atoms with Gasteiger partial charge in [-0.1, -0.05) is 25.1 Å².